The number of phosphoric acid groups is 1. The number of hydrogen-bond donors (Lipinski definition) is 7. The van der Waals surface area contributed by atoms with Crippen molar-refractivity contribution in [3.8, 4) is 0 Å². The number of carbonyl (C=O) groups is 1. The summed E-state index contributed by atoms with van der Waals surface area (Å²) < 4.78 is 41.6. The van der Waals surface area contributed by atoms with Gasteiger partial charge in [-0.2, -0.15) is 14.0 Å². The first kappa shape index (κ1) is 20.0. The normalized spacial score (nSPS) is 10.1. The Hall–Kier alpha value is -0.530. The fourth-order valence-corrected chi connectivity index (χ4v) is 0. The van der Waals surface area contributed by atoms with E-state index in [1.165, 1.54) is 5.43 Å². The molecular formula is CH8ClN2O10P. The summed E-state index contributed by atoms with van der Waals surface area (Å²) in [5.74, 6) is 4.32. The van der Waals surface area contributed by atoms with E-state index >= 15 is 0 Å². The standard InChI is InChI=1S/CH4N2O2.ClHO4.H3O4P/c2-3-1(4)5;2-1(3,4)5;1-5(2,3)4/h3H,2H2,(H,4,5);(H,2,3,4,5);(H3,1,2,3,4). The van der Waals surface area contributed by atoms with Gasteiger partial charge in [-0.25, -0.2) is 15.2 Å². The van der Waals surface area contributed by atoms with Crippen LogP contribution in [0.1, 0.15) is 0 Å². The van der Waals surface area contributed by atoms with E-state index in [9.17, 15) is 0 Å². The van der Waals surface area contributed by atoms with Crippen LogP contribution in [0.3, 0.4) is 0 Å². The molecule has 0 heterocycles. The second-order valence-electron chi connectivity index (χ2n) is 1.36. The lowest BCUT2D eigenvalue weighted by Crippen LogP contribution is -2.58. The summed E-state index contributed by atoms with van der Waals surface area (Å²) in [5.41, 5.74) is 1.44. The van der Waals surface area contributed by atoms with Crippen molar-refractivity contribution in [2.75, 3.05) is 0 Å². The fourth-order valence-electron chi connectivity index (χ4n) is 0. The lowest BCUT2D eigenvalue weighted by molar-refractivity contribution is -1.92. The SMILES string of the molecule is NNC(=O)O.O=P(O)(O)O.[O-][Cl+3]([O-])([O-])O. The third-order valence-electron chi connectivity index (χ3n) is 0.123. The molecule has 0 unspecified atom stereocenters. The highest BCUT2D eigenvalue weighted by Gasteiger charge is 2.00. The summed E-state index contributed by atoms with van der Waals surface area (Å²) >= 11 is 0. The molecule has 0 aromatic carbocycles. The maximum absolute atomic E-state index is 9.13. The van der Waals surface area contributed by atoms with Crippen molar-refractivity contribution in [2.45, 2.75) is 0 Å². The number of hydrogen-bond acceptors (Lipinski definition) is 7. The van der Waals surface area contributed by atoms with Crippen molar-refractivity contribution < 1.29 is 58.0 Å². The molecule has 14 heteroatoms. The van der Waals surface area contributed by atoms with Crippen LogP contribution in [0.5, 0.6) is 0 Å². The predicted molar refractivity (Wildman–Crippen MR) is 31.8 cm³/mol. The van der Waals surface area contributed by atoms with Gasteiger partial charge >= 0.3 is 13.9 Å². The zero-order valence-electron chi connectivity index (χ0n) is 6.68. The van der Waals surface area contributed by atoms with Gasteiger partial charge in [0.2, 0.25) is 0 Å². The summed E-state index contributed by atoms with van der Waals surface area (Å²) in [6, 6.07) is 0. The number of nitrogens with one attached hydrogen (secondary N) is 1. The number of amides is 1. The Balaban J connectivity index is -0.000000144. The van der Waals surface area contributed by atoms with E-state index in [4.69, 9.17) is 47.8 Å². The highest BCUT2D eigenvalue weighted by molar-refractivity contribution is 7.45. The van der Waals surface area contributed by atoms with Gasteiger partial charge in [-0.3, -0.25) is 5.43 Å². The monoisotopic (exact) mass is 274 g/mol. The van der Waals surface area contributed by atoms with Crippen LogP contribution in [-0.2, 0) is 4.57 Å². The van der Waals surface area contributed by atoms with Gasteiger partial charge < -0.3 is 19.8 Å². The summed E-state index contributed by atoms with van der Waals surface area (Å²) in [6.07, 6.45) is -1.22. The highest BCUT2D eigenvalue weighted by atomic mass is 35.7. The molecule has 0 aromatic heterocycles. The third-order valence-corrected chi connectivity index (χ3v) is 0.123. The average molecular weight is 275 g/mol. The zero-order chi connectivity index (χ0) is 13.3. The molecule has 0 aliphatic carbocycles. The third kappa shape index (κ3) is 820. The number of carboxylic acid groups (broad SMARTS) is 1. The lowest BCUT2D eigenvalue weighted by Gasteiger charge is -2.03. The van der Waals surface area contributed by atoms with Crippen LogP contribution in [0, 0.1) is 10.2 Å². The number of hydrazine groups is 1. The van der Waals surface area contributed by atoms with E-state index < -0.39 is 24.2 Å². The van der Waals surface area contributed by atoms with Gasteiger partial charge in [0, 0.05) is 0 Å². The first-order chi connectivity index (χ1) is 6.27. The Morgan fingerprint density at radius 2 is 1.33 bits per heavy atom. The molecule has 94 valence electrons. The van der Waals surface area contributed by atoms with Crippen LogP contribution in [0.4, 0.5) is 4.79 Å². The van der Waals surface area contributed by atoms with Crippen LogP contribution in [0.2, 0.25) is 0 Å². The van der Waals surface area contributed by atoms with Gasteiger partial charge in [0.25, 0.3) is 0 Å². The first-order valence-corrected chi connectivity index (χ1v) is 5.21. The molecule has 8 N–H and O–H groups in total. The number of halogens is 1. The largest absolute Gasteiger partial charge is 0.466 e. The van der Waals surface area contributed by atoms with Crippen LogP contribution >= 0.6 is 7.82 Å². The van der Waals surface area contributed by atoms with Crippen LogP contribution in [0.25, 0.3) is 0 Å². The molecule has 0 radical (unpaired) electrons. The van der Waals surface area contributed by atoms with Gasteiger partial charge in [0.1, 0.15) is 0 Å². The molecule has 1 amide bonds. The smallest absolute Gasteiger partial charge is 0.464 e. The molecule has 15 heavy (non-hydrogen) atoms. The number of nitrogens with two attached hydrogens (primary N) is 1. The van der Waals surface area contributed by atoms with E-state index in [0.29, 0.717) is 0 Å². The molecule has 0 saturated carbocycles. The number of rotatable bonds is 0. The van der Waals surface area contributed by atoms with Crippen LogP contribution in [0.15, 0.2) is 0 Å². The van der Waals surface area contributed by atoms with E-state index in [1.807, 2.05) is 0 Å². The summed E-state index contributed by atoms with van der Waals surface area (Å²) in [5, 5.41) is 7.49. The Kier molecular flexibility index (Phi) is 11.6. The molecule has 0 atom stereocenters. The van der Waals surface area contributed by atoms with Gasteiger partial charge in [-0.05, 0) is 0 Å². The van der Waals surface area contributed by atoms with Crippen LogP contribution in [-0.4, -0.2) is 30.5 Å². The molecule has 12 nitrogen and oxygen atoms in total. The minimum atomic E-state index is -4.69. The molecular weight excluding hydrogens is 266 g/mol. The molecule has 0 bridgehead atoms. The van der Waals surface area contributed by atoms with Crippen molar-refractivity contribution >= 4 is 13.9 Å². The Morgan fingerprint density at radius 1 is 1.27 bits per heavy atom. The maximum Gasteiger partial charge on any atom is 0.466 e. The van der Waals surface area contributed by atoms with Crippen LogP contribution < -0.4 is 25.2 Å². The van der Waals surface area contributed by atoms with Crippen molar-refractivity contribution in [3.05, 3.63) is 0 Å². The zero-order valence-corrected chi connectivity index (χ0v) is 8.33. The molecule has 0 aliphatic heterocycles. The van der Waals surface area contributed by atoms with Crippen molar-refractivity contribution in [1.82, 2.24) is 5.43 Å². The van der Waals surface area contributed by atoms with Crippen molar-refractivity contribution in [3.63, 3.8) is 0 Å². The summed E-state index contributed by atoms with van der Waals surface area (Å²) in [6.45, 7) is 0. The van der Waals surface area contributed by atoms with Gasteiger partial charge in [0.15, 0.2) is 0 Å². The molecule has 0 rings (SSSR count). The van der Waals surface area contributed by atoms with Gasteiger partial charge in [0.05, 0.1) is 14.9 Å². The second kappa shape index (κ2) is 8.75. The van der Waals surface area contributed by atoms with Gasteiger partial charge in [-0.1, -0.05) is 0 Å². The Morgan fingerprint density at radius 3 is 1.33 bits per heavy atom. The van der Waals surface area contributed by atoms with Gasteiger partial charge in [-0.15, -0.1) is 0 Å². The van der Waals surface area contributed by atoms with Crippen molar-refractivity contribution in [1.29, 1.82) is 0 Å². The topological polar surface area (TPSA) is 243 Å². The van der Waals surface area contributed by atoms with E-state index in [0.717, 1.165) is 0 Å². The molecule has 0 spiro atoms. The molecule has 0 aliphatic rings. The van der Waals surface area contributed by atoms with Crippen molar-refractivity contribution in [2.24, 2.45) is 5.84 Å². The van der Waals surface area contributed by atoms with E-state index in [-0.39, 0.29) is 0 Å². The Bertz CT molecular complexity index is 192. The minimum absolute atomic E-state index is 1.22. The average Bonchev–Trinajstić information content (AvgIpc) is 1.79. The molecule has 0 saturated heterocycles. The highest BCUT2D eigenvalue weighted by Crippen LogP contribution is 2.25. The molecule has 0 fully saturated rings. The summed E-state index contributed by atoms with van der Waals surface area (Å²) in [7, 11) is -9.33. The maximum atomic E-state index is 9.13. The Labute approximate surface area is 84.1 Å². The predicted octanol–water partition coefficient (Wildman–Crippen LogP) is -5.92. The fraction of sp³-hybridized carbons (Fsp3) is 0. The quantitative estimate of drug-likeness (QED) is 0.0947. The van der Waals surface area contributed by atoms with E-state index in [2.05, 4.69) is 5.84 Å². The first-order valence-electron chi connectivity index (χ1n) is 2.38. The minimum Gasteiger partial charge on any atom is -0.464 e. The second-order valence-corrected chi connectivity index (χ2v) is 3.18. The molecule has 0 aromatic rings. The van der Waals surface area contributed by atoms with E-state index in [1.54, 1.807) is 0 Å². The summed E-state index contributed by atoms with van der Waals surface area (Å²) in [4.78, 5) is 30.7. The lowest BCUT2D eigenvalue weighted by atomic mass is 11.3.